The molecule has 2 amide bonds. The fourth-order valence-electron chi connectivity index (χ4n) is 4.01. The number of amides is 2. The molecule has 33 heavy (non-hydrogen) atoms. The predicted molar refractivity (Wildman–Crippen MR) is 126 cm³/mol. The molecule has 0 saturated heterocycles. The van der Waals surface area contributed by atoms with Crippen LogP contribution in [0.5, 0.6) is 0 Å². The second kappa shape index (κ2) is 9.40. The van der Waals surface area contributed by atoms with Crippen molar-refractivity contribution in [2.24, 2.45) is 5.92 Å². The van der Waals surface area contributed by atoms with E-state index in [1.807, 2.05) is 35.9 Å². The highest BCUT2D eigenvalue weighted by molar-refractivity contribution is 6.07. The van der Waals surface area contributed by atoms with E-state index in [9.17, 15) is 14.0 Å². The van der Waals surface area contributed by atoms with Crippen molar-refractivity contribution in [3.05, 3.63) is 83.4 Å². The molecule has 7 heteroatoms. The molecule has 0 spiro atoms. The Morgan fingerprint density at radius 3 is 2.70 bits per heavy atom. The van der Waals surface area contributed by atoms with Crippen LogP contribution in [0.2, 0.25) is 0 Å². The molecule has 0 fully saturated rings. The highest BCUT2D eigenvalue weighted by Crippen LogP contribution is 2.32. The zero-order valence-corrected chi connectivity index (χ0v) is 18.9. The van der Waals surface area contributed by atoms with Crippen LogP contribution in [0.3, 0.4) is 0 Å². The van der Waals surface area contributed by atoms with E-state index in [2.05, 4.69) is 29.6 Å². The fourth-order valence-corrected chi connectivity index (χ4v) is 4.01. The number of halogens is 1. The van der Waals surface area contributed by atoms with Gasteiger partial charge < -0.3 is 10.6 Å². The van der Waals surface area contributed by atoms with Gasteiger partial charge in [0.05, 0.1) is 5.69 Å². The van der Waals surface area contributed by atoms with Crippen molar-refractivity contribution in [1.82, 2.24) is 15.1 Å². The van der Waals surface area contributed by atoms with Crippen LogP contribution in [-0.2, 0) is 16.1 Å². The van der Waals surface area contributed by atoms with Crippen molar-refractivity contribution >= 4 is 17.5 Å². The average molecular weight is 447 g/mol. The van der Waals surface area contributed by atoms with E-state index in [-0.39, 0.29) is 24.1 Å². The molecule has 4 rings (SSSR count). The maximum absolute atomic E-state index is 13.4. The molecule has 1 aliphatic rings. The quantitative estimate of drug-likeness (QED) is 0.572. The lowest BCUT2D eigenvalue weighted by Gasteiger charge is -2.24. The molecule has 1 aromatic heterocycles. The first-order valence-electron chi connectivity index (χ1n) is 11.0. The smallest absolute Gasteiger partial charge is 0.253 e. The van der Waals surface area contributed by atoms with Crippen molar-refractivity contribution in [1.29, 1.82) is 0 Å². The minimum Gasteiger partial charge on any atom is -0.332 e. The molecule has 0 saturated carbocycles. The normalized spacial score (nSPS) is 15.8. The number of aryl methyl sites for hydroxylation is 1. The van der Waals surface area contributed by atoms with Gasteiger partial charge in [-0.1, -0.05) is 38.1 Å². The zero-order chi connectivity index (χ0) is 23.5. The summed E-state index contributed by atoms with van der Waals surface area (Å²) < 4.78 is 15.4. The van der Waals surface area contributed by atoms with E-state index in [0.717, 1.165) is 28.9 Å². The molecule has 2 N–H and O–H groups in total. The van der Waals surface area contributed by atoms with Crippen LogP contribution in [0.15, 0.2) is 66.5 Å². The molecule has 2 aromatic carbocycles. The molecule has 6 nitrogen and oxygen atoms in total. The lowest BCUT2D eigenvalue weighted by atomic mass is 9.86. The monoisotopic (exact) mass is 446 g/mol. The Hall–Kier alpha value is -3.74. The van der Waals surface area contributed by atoms with Crippen LogP contribution < -0.4 is 10.6 Å². The SMILES string of the molecule is Cc1ccc(-c2ccnn2CC(C)C)cc1NC(=O)C1=CNC(=O)C[C@H]1c1ccc(F)cc1. The summed E-state index contributed by atoms with van der Waals surface area (Å²) in [5.74, 6) is -0.851. The van der Waals surface area contributed by atoms with Crippen LogP contribution in [0.1, 0.15) is 37.3 Å². The molecule has 170 valence electrons. The van der Waals surface area contributed by atoms with Crippen molar-refractivity contribution in [3.8, 4) is 11.3 Å². The number of anilines is 1. The van der Waals surface area contributed by atoms with Gasteiger partial charge in [-0.2, -0.15) is 5.10 Å². The molecular weight excluding hydrogens is 419 g/mol. The van der Waals surface area contributed by atoms with Gasteiger partial charge in [0.25, 0.3) is 5.91 Å². The molecule has 2 heterocycles. The molecule has 0 radical (unpaired) electrons. The van der Waals surface area contributed by atoms with Crippen LogP contribution in [0.4, 0.5) is 10.1 Å². The Morgan fingerprint density at radius 2 is 1.97 bits per heavy atom. The van der Waals surface area contributed by atoms with E-state index in [4.69, 9.17) is 0 Å². The van der Waals surface area contributed by atoms with Gasteiger partial charge in [0.15, 0.2) is 0 Å². The average Bonchev–Trinajstić information content (AvgIpc) is 3.23. The van der Waals surface area contributed by atoms with E-state index < -0.39 is 5.92 Å². The largest absolute Gasteiger partial charge is 0.332 e. The van der Waals surface area contributed by atoms with Gasteiger partial charge in [-0.05, 0) is 48.2 Å². The number of hydrogen-bond donors (Lipinski definition) is 2. The third-order valence-electron chi connectivity index (χ3n) is 5.72. The predicted octanol–water partition coefficient (Wildman–Crippen LogP) is 4.78. The second-order valence-corrected chi connectivity index (χ2v) is 8.75. The number of benzene rings is 2. The van der Waals surface area contributed by atoms with Gasteiger partial charge in [-0.15, -0.1) is 0 Å². The lowest BCUT2D eigenvalue weighted by Crippen LogP contribution is -2.32. The number of hydrogen-bond acceptors (Lipinski definition) is 3. The van der Waals surface area contributed by atoms with Crippen LogP contribution >= 0.6 is 0 Å². The third-order valence-corrected chi connectivity index (χ3v) is 5.72. The number of aromatic nitrogens is 2. The number of nitrogens with one attached hydrogen (secondary N) is 2. The molecule has 0 aliphatic carbocycles. The Labute approximate surface area is 192 Å². The van der Waals surface area contributed by atoms with E-state index in [1.54, 1.807) is 18.3 Å². The highest BCUT2D eigenvalue weighted by Gasteiger charge is 2.29. The molecule has 1 aliphatic heterocycles. The number of carbonyl (C=O) groups excluding carboxylic acids is 2. The standard InChI is InChI=1S/C26H27FN4O2/c1-16(2)15-31-24(10-11-29-31)19-5-4-17(3)23(12-19)30-26(33)22-14-28-25(32)13-21(22)18-6-8-20(27)9-7-18/h4-12,14,16,21H,13,15H2,1-3H3,(H,28,32)(H,30,33)/t21-/m0/s1. The molecule has 3 aromatic rings. The summed E-state index contributed by atoms with van der Waals surface area (Å²) in [6.07, 6.45) is 3.35. The molecule has 0 bridgehead atoms. The van der Waals surface area contributed by atoms with Crippen molar-refractivity contribution in [2.75, 3.05) is 5.32 Å². The maximum Gasteiger partial charge on any atom is 0.253 e. The van der Waals surface area contributed by atoms with Gasteiger partial charge in [-0.3, -0.25) is 14.3 Å². The lowest BCUT2D eigenvalue weighted by molar-refractivity contribution is -0.121. The van der Waals surface area contributed by atoms with Crippen LogP contribution in [0, 0.1) is 18.7 Å². The maximum atomic E-state index is 13.4. The Morgan fingerprint density at radius 1 is 1.21 bits per heavy atom. The third kappa shape index (κ3) is 5.03. The number of rotatable bonds is 6. The van der Waals surface area contributed by atoms with Crippen molar-refractivity contribution in [2.45, 2.75) is 39.7 Å². The summed E-state index contributed by atoms with van der Waals surface area (Å²) in [7, 11) is 0. The number of nitrogens with zero attached hydrogens (tertiary/aromatic N) is 2. The summed E-state index contributed by atoms with van der Waals surface area (Å²) in [5.41, 5.74) is 4.68. The first kappa shape index (κ1) is 22.5. The molecular formula is C26H27FN4O2. The van der Waals surface area contributed by atoms with Gasteiger partial charge in [0.2, 0.25) is 5.91 Å². The summed E-state index contributed by atoms with van der Waals surface area (Å²) in [6.45, 7) is 7.00. The van der Waals surface area contributed by atoms with E-state index in [0.29, 0.717) is 17.2 Å². The van der Waals surface area contributed by atoms with Crippen molar-refractivity contribution in [3.63, 3.8) is 0 Å². The Kier molecular flexibility index (Phi) is 6.40. The van der Waals surface area contributed by atoms with Crippen LogP contribution in [0.25, 0.3) is 11.3 Å². The van der Waals surface area contributed by atoms with Gasteiger partial charge in [-0.25, -0.2) is 4.39 Å². The fraction of sp³-hybridized carbons (Fsp3) is 0.269. The summed E-state index contributed by atoms with van der Waals surface area (Å²) in [4.78, 5) is 25.3. The van der Waals surface area contributed by atoms with E-state index in [1.165, 1.54) is 18.3 Å². The Balaban J connectivity index is 1.61. The summed E-state index contributed by atoms with van der Waals surface area (Å²) >= 11 is 0. The molecule has 0 unspecified atom stereocenters. The second-order valence-electron chi connectivity index (χ2n) is 8.75. The van der Waals surface area contributed by atoms with Gasteiger partial charge in [0, 0.05) is 48.1 Å². The van der Waals surface area contributed by atoms with Crippen molar-refractivity contribution < 1.29 is 14.0 Å². The van der Waals surface area contributed by atoms with Crippen LogP contribution in [-0.4, -0.2) is 21.6 Å². The number of carbonyl (C=O) groups is 2. The van der Waals surface area contributed by atoms with Gasteiger partial charge in [0.1, 0.15) is 5.82 Å². The van der Waals surface area contributed by atoms with Gasteiger partial charge >= 0.3 is 0 Å². The zero-order valence-electron chi connectivity index (χ0n) is 18.9. The summed E-state index contributed by atoms with van der Waals surface area (Å²) in [6, 6.07) is 13.8. The summed E-state index contributed by atoms with van der Waals surface area (Å²) in [5, 5.41) is 10.1. The minimum absolute atomic E-state index is 0.123. The minimum atomic E-state index is -0.449. The first-order valence-corrected chi connectivity index (χ1v) is 11.0. The Bertz CT molecular complexity index is 1210. The first-order chi connectivity index (χ1) is 15.8. The van der Waals surface area contributed by atoms with E-state index >= 15 is 0 Å². The topological polar surface area (TPSA) is 76.0 Å². The highest BCUT2D eigenvalue weighted by atomic mass is 19.1. The molecule has 1 atom stereocenters.